The van der Waals surface area contributed by atoms with E-state index in [0.717, 1.165) is 4.47 Å². The molecule has 2 amide bonds. The number of hydrogen-bond acceptors (Lipinski definition) is 3. The predicted molar refractivity (Wildman–Crippen MR) is 77.2 cm³/mol. The van der Waals surface area contributed by atoms with E-state index in [0.29, 0.717) is 11.1 Å². The van der Waals surface area contributed by atoms with Gasteiger partial charge in [0.25, 0.3) is 11.8 Å². The van der Waals surface area contributed by atoms with Crippen LogP contribution in [0.25, 0.3) is 0 Å². The number of carbonyl (C=O) groups excluding carboxylic acids is 2. The molecule has 0 fully saturated rings. The van der Waals surface area contributed by atoms with Gasteiger partial charge in [0.05, 0.1) is 0 Å². The summed E-state index contributed by atoms with van der Waals surface area (Å²) in [5, 5.41) is 9.12. The van der Waals surface area contributed by atoms with Crippen LogP contribution in [-0.2, 0) is 0 Å². The molecule has 3 N–H and O–H groups in total. The second kappa shape index (κ2) is 6.21. The number of benzene rings is 2. The zero-order valence-electron chi connectivity index (χ0n) is 10.3. The Balaban J connectivity index is 1.94. The van der Waals surface area contributed by atoms with E-state index in [1.807, 2.05) is 0 Å². The molecule has 102 valence electrons. The van der Waals surface area contributed by atoms with E-state index >= 15 is 0 Å². The van der Waals surface area contributed by atoms with Crippen molar-refractivity contribution >= 4 is 27.7 Å². The molecule has 0 heterocycles. The molecule has 0 aliphatic rings. The molecule has 0 aliphatic heterocycles. The summed E-state index contributed by atoms with van der Waals surface area (Å²) in [6, 6.07) is 12.4. The van der Waals surface area contributed by atoms with Gasteiger partial charge in [0.1, 0.15) is 5.75 Å². The zero-order chi connectivity index (χ0) is 14.5. The second-order valence-corrected chi connectivity index (χ2v) is 4.88. The van der Waals surface area contributed by atoms with Gasteiger partial charge in [0.15, 0.2) is 0 Å². The van der Waals surface area contributed by atoms with Gasteiger partial charge in [-0.2, -0.15) is 0 Å². The smallest absolute Gasteiger partial charge is 0.269 e. The van der Waals surface area contributed by atoms with Crippen molar-refractivity contribution in [2.75, 3.05) is 0 Å². The summed E-state index contributed by atoms with van der Waals surface area (Å²) in [4.78, 5) is 23.5. The molecule has 0 spiro atoms. The first-order valence-electron chi connectivity index (χ1n) is 5.71. The summed E-state index contributed by atoms with van der Waals surface area (Å²) in [6.07, 6.45) is 0. The largest absolute Gasteiger partial charge is 0.508 e. The SMILES string of the molecule is O=C(NNC(=O)c1ccc(Br)cc1)c1ccc(O)cc1. The molecule has 0 bridgehead atoms. The van der Waals surface area contributed by atoms with Crippen LogP contribution >= 0.6 is 15.9 Å². The van der Waals surface area contributed by atoms with Crippen molar-refractivity contribution in [2.45, 2.75) is 0 Å². The zero-order valence-corrected chi connectivity index (χ0v) is 11.8. The minimum atomic E-state index is -0.463. The molecule has 20 heavy (non-hydrogen) atoms. The normalized spacial score (nSPS) is 9.85. The Morgan fingerprint density at radius 1 is 0.800 bits per heavy atom. The van der Waals surface area contributed by atoms with Crippen molar-refractivity contribution in [1.82, 2.24) is 10.9 Å². The third-order valence-corrected chi connectivity index (χ3v) is 3.05. The van der Waals surface area contributed by atoms with Gasteiger partial charge in [-0.05, 0) is 48.5 Å². The topological polar surface area (TPSA) is 78.4 Å². The summed E-state index contributed by atoms with van der Waals surface area (Å²) in [5.74, 6) is -0.805. The number of phenols is 1. The van der Waals surface area contributed by atoms with Crippen LogP contribution in [0, 0.1) is 0 Å². The predicted octanol–water partition coefficient (Wildman–Crippen LogP) is 2.23. The second-order valence-electron chi connectivity index (χ2n) is 3.96. The highest BCUT2D eigenvalue weighted by Gasteiger charge is 2.08. The van der Waals surface area contributed by atoms with Crippen LogP contribution < -0.4 is 10.9 Å². The van der Waals surface area contributed by atoms with Crippen LogP contribution in [0.1, 0.15) is 20.7 Å². The average molecular weight is 335 g/mol. The molecule has 2 rings (SSSR count). The molecule has 5 nitrogen and oxygen atoms in total. The quantitative estimate of drug-likeness (QED) is 0.737. The fourth-order valence-corrected chi connectivity index (χ4v) is 1.74. The van der Waals surface area contributed by atoms with Crippen LogP contribution in [0.4, 0.5) is 0 Å². The van der Waals surface area contributed by atoms with E-state index in [2.05, 4.69) is 26.8 Å². The van der Waals surface area contributed by atoms with Crippen LogP contribution in [0.3, 0.4) is 0 Å². The van der Waals surface area contributed by atoms with Gasteiger partial charge in [-0.1, -0.05) is 15.9 Å². The lowest BCUT2D eigenvalue weighted by molar-refractivity contribution is 0.0846. The molecule has 0 saturated heterocycles. The van der Waals surface area contributed by atoms with E-state index < -0.39 is 11.8 Å². The first-order valence-corrected chi connectivity index (χ1v) is 6.51. The molecule has 2 aromatic rings. The lowest BCUT2D eigenvalue weighted by Gasteiger charge is -2.07. The van der Waals surface area contributed by atoms with Crippen molar-refractivity contribution in [3.05, 3.63) is 64.1 Å². The van der Waals surface area contributed by atoms with Gasteiger partial charge in [0, 0.05) is 15.6 Å². The number of phenolic OH excluding ortho intramolecular Hbond substituents is 1. The number of halogens is 1. The standard InChI is InChI=1S/C14H11BrN2O3/c15-11-5-1-9(2-6-11)13(19)16-17-14(20)10-3-7-12(18)8-4-10/h1-8,18H,(H,16,19)(H,17,20). The summed E-state index contributed by atoms with van der Waals surface area (Å²) in [6.45, 7) is 0. The molecule has 0 saturated carbocycles. The maximum Gasteiger partial charge on any atom is 0.269 e. The van der Waals surface area contributed by atoms with E-state index in [1.54, 1.807) is 24.3 Å². The molecule has 6 heteroatoms. The molecule has 0 aromatic heterocycles. The monoisotopic (exact) mass is 334 g/mol. The summed E-state index contributed by atoms with van der Waals surface area (Å²) < 4.78 is 0.863. The Morgan fingerprint density at radius 3 is 1.65 bits per heavy atom. The van der Waals surface area contributed by atoms with Crippen LogP contribution in [0.2, 0.25) is 0 Å². The van der Waals surface area contributed by atoms with E-state index in [4.69, 9.17) is 5.11 Å². The number of nitrogens with one attached hydrogen (secondary N) is 2. The number of carbonyl (C=O) groups is 2. The van der Waals surface area contributed by atoms with Gasteiger partial charge in [-0.15, -0.1) is 0 Å². The maximum absolute atomic E-state index is 11.8. The van der Waals surface area contributed by atoms with Crippen LogP contribution in [0.5, 0.6) is 5.75 Å². The summed E-state index contributed by atoms with van der Waals surface area (Å²) in [7, 11) is 0. The van der Waals surface area contributed by atoms with Gasteiger partial charge in [0.2, 0.25) is 0 Å². The molecule has 0 aliphatic carbocycles. The van der Waals surface area contributed by atoms with Crippen molar-refractivity contribution < 1.29 is 14.7 Å². The van der Waals surface area contributed by atoms with E-state index in [9.17, 15) is 9.59 Å². The highest BCUT2D eigenvalue weighted by molar-refractivity contribution is 9.10. The average Bonchev–Trinajstić information content (AvgIpc) is 2.46. The fraction of sp³-hybridized carbons (Fsp3) is 0. The van der Waals surface area contributed by atoms with E-state index in [1.165, 1.54) is 24.3 Å². The van der Waals surface area contributed by atoms with Crippen molar-refractivity contribution in [3.8, 4) is 5.75 Å². The number of aromatic hydroxyl groups is 1. The number of hydrogen-bond donors (Lipinski definition) is 3. The minimum absolute atomic E-state index is 0.0699. The Morgan fingerprint density at radius 2 is 1.20 bits per heavy atom. The number of amides is 2. The highest BCUT2D eigenvalue weighted by Crippen LogP contribution is 2.10. The molecule has 0 radical (unpaired) electrons. The number of rotatable bonds is 2. The molecular weight excluding hydrogens is 324 g/mol. The fourth-order valence-electron chi connectivity index (χ4n) is 1.47. The van der Waals surface area contributed by atoms with Crippen LogP contribution in [-0.4, -0.2) is 16.9 Å². The summed E-state index contributed by atoms with van der Waals surface area (Å²) >= 11 is 3.27. The van der Waals surface area contributed by atoms with Crippen LogP contribution in [0.15, 0.2) is 53.0 Å². The summed E-state index contributed by atoms with van der Waals surface area (Å²) in [5.41, 5.74) is 5.38. The van der Waals surface area contributed by atoms with Crippen molar-refractivity contribution in [3.63, 3.8) is 0 Å². The Bertz CT molecular complexity index is 566. The third kappa shape index (κ3) is 3.58. The van der Waals surface area contributed by atoms with Crippen molar-refractivity contribution in [1.29, 1.82) is 0 Å². The Labute approximate surface area is 123 Å². The first kappa shape index (κ1) is 14.1. The van der Waals surface area contributed by atoms with Gasteiger partial charge < -0.3 is 5.11 Å². The minimum Gasteiger partial charge on any atom is -0.508 e. The van der Waals surface area contributed by atoms with Gasteiger partial charge in [-0.25, -0.2) is 0 Å². The van der Waals surface area contributed by atoms with E-state index in [-0.39, 0.29) is 5.75 Å². The third-order valence-electron chi connectivity index (χ3n) is 2.53. The van der Waals surface area contributed by atoms with Crippen molar-refractivity contribution in [2.24, 2.45) is 0 Å². The van der Waals surface area contributed by atoms with Gasteiger partial charge >= 0.3 is 0 Å². The first-order chi connectivity index (χ1) is 9.56. The lowest BCUT2D eigenvalue weighted by Crippen LogP contribution is -2.41. The van der Waals surface area contributed by atoms with Gasteiger partial charge in [-0.3, -0.25) is 20.4 Å². The molecule has 2 aromatic carbocycles. The Kier molecular flexibility index (Phi) is 4.37. The lowest BCUT2D eigenvalue weighted by atomic mass is 10.2. The Hall–Kier alpha value is -2.34. The highest BCUT2D eigenvalue weighted by atomic mass is 79.9. The molecule has 0 unspecified atom stereocenters. The maximum atomic E-state index is 11.8. The molecular formula is C14H11BrN2O3. The number of hydrazine groups is 1. The molecule has 0 atom stereocenters.